The molecule has 1 aromatic rings. The van der Waals surface area contributed by atoms with Crippen molar-refractivity contribution in [3.8, 4) is 11.8 Å². The van der Waals surface area contributed by atoms with Gasteiger partial charge < -0.3 is 29.7 Å². The van der Waals surface area contributed by atoms with Gasteiger partial charge in [-0.3, -0.25) is 9.59 Å². The predicted molar refractivity (Wildman–Crippen MR) is 251 cm³/mol. The number of aliphatic hydroxyl groups is 3. The molecule has 0 bridgehead atoms. The van der Waals surface area contributed by atoms with Crippen molar-refractivity contribution in [2.45, 2.75) is 168 Å². The number of hydrogen-bond donors (Lipinski definition) is 3. The maximum absolute atomic E-state index is 12.6. The first kappa shape index (κ1) is 46.2. The summed E-state index contributed by atoms with van der Waals surface area (Å²) in [4.78, 5) is 26.9. The minimum Gasteiger partial charge on any atom is -0.469 e. The summed E-state index contributed by atoms with van der Waals surface area (Å²) < 4.78 is 11.6. The summed E-state index contributed by atoms with van der Waals surface area (Å²) >= 11 is 0. The Morgan fingerprint density at radius 1 is 0.969 bits per heavy atom. The molecule has 3 N–H and O–H groups in total. The Labute approximate surface area is 384 Å². The fourth-order valence-electron chi connectivity index (χ4n) is 17.1. The Morgan fingerprint density at radius 3 is 2.47 bits per heavy atom. The standard InChI is InChI=1S/C56H79NO7/c1-9-23-56(62)34(3)27-46-42-17-13-36-28-39(58)16-18-41(36)51(42)43(32-54(46,56)5)35-11-14-38(15-12-35)57(7)25-26-64-40-22-24-53(4)37(29-40)30-48(59)52-45-20-19-44(33(2)10-21-50(61)63-8)55(45,6)49(60)31-47(52)53/h11-12,14-15,28,33-34,37,40,42-49,52,59-60,62H,10,13,16-22,24-27,29-32H2,1-8H3/t33-,34-,37+,40+,42?,43-,44-,45+,46?,47+,48-,49+,52+,53+,54+,55-,56+/m1/s1. The molecule has 0 amide bonds. The van der Waals surface area contributed by atoms with E-state index in [4.69, 9.17) is 9.47 Å². The summed E-state index contributed by atoms with van der Waals surface area (Å²) in [6.45, 7) is 14.8. The molecule has 6 saturated carbocycles. The van der Waals surface area contributed by atoms with Gasteiger partial charge in [0.1, 0.15) is 5.60 Å². The lowest BCUT2D eigenvalue weighted by Gasteiger charge is -2.63. The molecule has 0 heterocycles. The van der Waals surface area contributed by atoms with E-state index in [1.54, 1.807) is 0 Å². The number of benzene rings is 1. The SMILES string of the molecule is CC#C[C@]1(O)[C@H](C)CC2C3CCC4=CC(=O)CCC4=C3[C@@H](c3ccc(N(C)CCO[C@H]4CC[C@@]5(C)[C@@H](C4)C[C@@H](O)[C@@H]4[C@@H]5C[C@H](O)[C@]5(C)[C@@H]([C@H](C)CCC(=O)OC)CC[C@@H]45)cc3)C[C@@]21C. The van der Waals surface area contributed by atoms with E-state index in [-0.39, 0.29) is 58.0 Å². The molecule has 8 aliphatic rings. The second kappa shape index (κ2) is 17.3. The number of carbonyl (C=O) groups excluding carboxylic acids is 2. The number of methoxy groups -OCH3 is 1. The van der Waals surface area contributed by atoms with Crippen molar-refractivity contribution in [2.75, 3.05) is 32.2 Å². The van der Waals surface area contributed by atoms with Gasteiger partial charge in [-0.05, 0) is 189 Å². The molecule has 64 heavy (non-hydrogen) atoms. The minimum atomic E-state index is -1.02. The zero-order valence-electron chi connectivity index (χ0n) is 40.3. The maximum atomic E-state index is 12.6. The van der Waals surface area contributed by atoms with E-state index < -0.39 is 11.7 Å². The normalized spacial score (nSPS) is 43.9. The van der Waals surface area contributed by atoms with Gasteiger partial charge >= 0.3 is 5.97 Å². The van der Waals surface area contributed by atoms with E-state index in [0.717, 1.165) is 95.7 Å². The van der Waals surface area contributed by atoms with Gasteiger partial charge in [0, 0.05) is 43.5 Å². The average Bonchev–Trinajstić information content (AvgIpc) is 3.73. The number of carbonyl (C=O) groups is 2. The largest absolute Gasteiger partial charge is 0.469 e. The van der Waals surface area contributed by atoms with Crippen molar-refractivity contribution in [1.29, 1.82) is 0 Å². The Morgan fingerprint density at radius 2 is 1.73 bits per heavy atom. The lowest BCUT2D eigenvalue weighted by atomic mass is 9.43. The van der Waals surface area contributed by atoms with Crippen molar-refractivity contribution in [3.63, 3.8) is 0 Å². The molecule has 1 aromatic carbocycles. The summed E-state index contributed by atoms with van der Waals surface area (Å²) in [7, 11) is 3.60. The van der Waals surface area contributed by atoms with Crippen LogP contribution in [0.4, 0.5) is 5.69 Å². The van der Waals surface area contributed by atoms with Gasteiger partial charge in [0.2, 0.25) is 0 Å². The molecule has 0 aromatic heterocycles. The number of allylic oxidation sites excluding steroid dienone is 4. The molecule has 17 atom stereocenters. The van der Waals surface area contributed by atoms with Gasteiger partial charge in [-0.25, -0.2) is 0 Å². The van der Waals surface area contributed by atoms with Crippen molar-refractivity contribution in [3.05, 3.63) is 52.6 Å². The lowest BCUT2D eigenvalue weighted by molar-refractivity contribution is -0.209. The molecule has 8 heteroatoms. The number of likely N-dealkylation sites (N-methyl/N-ethyl adjacent to an activating group) is 1. The number of ketones is 1. The molecule has 2 unspecified atom stereocenters. The van der Waals surface area contributed by atoms with Crippen LogP contribution in [0.15, 0.2) is 47.1 Å². The highest BCUT2D eigenvalue weighted by atomic mass is 16.5. The van der Waals surface area contributed by atoms with Crippen LogP contribution >= 0.6 is 0 Å². The molecular weight excluding hydrogens is 799 g/mol. The first-order valence-corrected chi connectivity index (χ1v) is 25.5. The molecule has 8 nitrogen and oxygen atoms in total. The van der Waals surface area contributed by atoms with Gasteiger partial charge in [-0.15, -0.1) is 5.92 Å². The summed E-state index contributed by atoms with van der Waals surface area (Å²) in [5.74, 6) is 9.41. The summed E-state index contributed by atoms with van der Waals surface area (Å²) in [5.41, 5.74) is 5.16. The van der Waals surface area contributed by atoms with Crippen LogP contribution in [0.2, 0.25) is 0 Å². The topological polar surface area (TPSA) is 117 Å². The van der Waals surface area contributed by atoms with Crippen LogP contribution < -0.4 is 4.90 Å². The number of hydrogen-bond acceptors (Lipinski definition) is 8. The van der Waals surface area contributed by atoms with Crippen LogP contribution in [-0.2, 0) is 19.1 Å². The molecule has 9 rings (SSSR count). The third kappa shape index (κ3) is 7.30. The maximum Gasteiger partial charge on any atom is 0.305 e. The Balaban J connectivity index is 0.843. The fourth-order valence-corrected chi connectivity index (χ4v) is 17.1. The first-order valence-electron chi connectivity index (χ1n) is 25.5. The van der Waals surface area contributed by atoms with E-state index >= 15 is 0 Å². The monoisotopic (exact) mass is 878 g/mol. The number of esters is 1. The molecule has 6 fully saturated rings. The first-order chi connectivity index (χ1) is 30.5. The number of aliphatic hydroxyl groups excluding tert-OH is 2. The van der Waals surface area contributed by atoms with Gasteiger partial charge in [-0.1, -0.05) is 58.2 Å². The van der Waals surface area contributed by atoms with Gasteiger partial charge in [0.15, 0.2) is 5.78 Å². The van der Waals surface area contributed by atoms with Crippen LogP contribution in [0.5, 0.6) is 0 Å². The average molecular weight is 878 g/mol. The Kier molecular flexibility index (Phi) is 12.5. The second-order valence-corrected chi connectivity index (χ2v) is 23.2. The Bertz CT molecular complexity index is 2080. The van der Waals surface area contributed by atoms with Crippen molar-refractivity contribution >= 4 is 17.4 Å². The van der Waals surface area contributed by atoms with E-state index in [1.165, 1.54) is 29.4 Å². The number of fused-ring (bicyclic) bond motifs is 9. The number of nitrogens with zero attached hydrogens (tertiary/aromatic N) is 1. The third-order valence-electron chi connectivity index (χ3n) is 20.7. The second-order valence-electron chi connectivity index (χ2n) is 23.2. The van der Waals surface area contributed by atoms with Crippen molar-refractivity contribution in [2.24, 2.45) is 69.5 Å². The Hall–Kier alpha value is -2.96. The van der Waals surface area contributed by atoms with Crippen LogP contribution in [0, 0.1) is 81.3 Å². The van der Waals surface area contributed by atoms with Crippen molar-refractivity contribution in [1.82, 2.24) is 0 Å². The molecule has 8 aliphatic carbocycles. The fraction of sp³-hybridized carbons (Fsp3) is 0.750. The smallest absolute Gasteiger partial charge is 0.305 e. The van der Waals surface area contributed by atoms with Crippen LogP contribution in [-0.4, -0.2) is 78.3 Å². The van der Waals surface area contributed by atoms with Gasteiger partial charge in [0.05, 0.1) is 32.0 Å². The molecule has 350 valence electrons. The summed E-state index contributed by atoms with van der Waals surface area (Å²) in [5, 5.41) is 36.4. The number of rotatable bonds is 10. The predicted octanol–water partition coefficient (Wildman–Crippen LogP) is 9.60. The molecular formula is C56H79NO7. The molecule has 0 radical (unpaired) electrons. The zero-order valence-corrected chi connectivity index (χ0v) is 40.3. The van der Waals surface area contributed by atoms with E-state index in [2.05, 4.69) is 82.7 Å². The highest BCUT2D eigenvalue weighted by Crippen LogP contribution is 2.70. The molecule has 0 saturated heterocycles. The quantitative estimate of drug-likeness (QED) is 0.157. The van der Waals surface area contributed by atoms with Gasteiger partial charge in [-0.2, -0.15) is 0 Å². The number of ether oxygens (including phenoxy) is 2. The van der Waals surface area contributed by atoms with Crippen LogP contribution in [0.3, 0.4) is 0 Å². The zero-order chi connectivity index (χ0) is 45.5. The van der Waals surface area contributed by atoms with E-state index in [9.17, 15) is 24.9 Å². The highest BCUT2D eigenvalue weighted by Gasteiger charge is 2.67. The van der Waals surface area contributed by atoms with Crippen LogP contribution in [0.25, 0.3) is 0 Å². The molecule has 0 aliphatic heterocycles. The highest BCUT2D eigenvalue weighted by molar-refractivity contribution is 5.93. The van der Waals surface area contributed by atoms with E-state index in [1.807, 2.05) is 13.0 Å². The summed E-state index contributed by atoms with van der Waals surface area (Å²) in [6.07, 6.45) is 14.5. The minimum absolute atomic E-state index is 0.0780. The van der Waals surface area contributed by atoms with E-state index in [0.29, 0.717) is 60.9 Å². The number of anilines is 1. The summed E-state index contributed by atoms with van der Waals surface area (Å²) in [6, 6.07) is 9.14. The van der Waals surface area contributed by atoms with Crippen molar-refractivity contribution < 1.29 is 34.4 Å². The van der Waals surface area contributed by atoms with Gasteiger partial charge in [0.25, 0.3) is 0 Å². The lowest BCUT2D eigenvalue weighted by Crippen LogP contribution is -2.62. The third-order valence-corrected chi connectivity index (χ3v) is 20.7. The van der Waals surface area contributed by atoms with Crippen LogP contribution in [0.1, 0.15) is 149 Å². The molecule has 0 spiro atoms.